The van der Waals surface area contributed by atoms with Gasteiger partial charge in [0, 0.05) is 25.9 Å². The van der Waals surface area contributed by atoms with Gasteiger partial charge in [-0.15, -0.1) is 0 Å². The lowest BCUT2D eigenvalue weighted by atomic mass is 10.1. The van der Waals surface area contributed by atoms with Crippen LogP contribution in [0.4, 0.5) is 0 Å². The third kappa shape index (κ3) is 3.14. The highest BCUT2D eigenvalue weighted by atomic mass is 16.5. The molecule has 1 rings (SSSR count). The summed E-state index contributed by atoms with van der Waals surface area (Å²) >= 11 is 0. The lowest BCUT2D eigenvalue weighted by molar-refractivity contribution is 0.0690. The molecule has 0 fully saturated rings. The number of aromatic carboxylic acids is 1. The molecule has 0 saturated heterocycles. The molecular formula is C13H20N2O4. The van der Waals surface area contributed by atoms with E-state index < -0.39 is 5.97 Å². The van der Waals surface area contributed by atoms with E-state index in [2.05, 4.69) is 4.98 Å². The van der Waals surface area contributed by atoms with Crippen LogP contribution in [0.15, 0.2) is 0 Å². The predicted octanol–water partition coefficient (Wildman–Crippen LogP) is 1.44. The number of likely N-dealkylation sites (N-methyl/N-ethyl adjacent to an activating group) is 1. The van der Waals surface area contributed by atoms with Gasteiger partial charge in [-0.25, -0.2) is 4.79 Å². The molecule has 1 aromatic rings. The molecule has 0 aliphatic rings. The van der Waals surface area contributed by atoms with Crippen molar-refractivity contribution in [1.29, 1.82) is 0 Å². The number of aryl methyl sites for hydroxylation is 1. The first-order valence-corrected chi connectivity index (χ1v) is 6.14. The molecule has 0 radical (unpaired) electrons. The number of amides is 1. The Morgan fingerprint density at radius 2 is 2.00 bits per heavy atom. The van der Waals surface area contributed by atoms with Crippen LogP contribution in [-0.2, 0) is 4.74 Å². The van der Waals surface area contributed by atoms with Crippen LogP contribution in [0.5, 0.6) is 0 Å². The SMILES string of the molecule is CCN(CCOC)C(=O)c1c(C)[nH]c(C(=O)O)c1C. The summed E-state index contributed by atoms with van der Waals surface area (Å²) in [5.41, 5.74) is 1.57. The Hall–Kier alpha value is -1.82. The van der Waals surface area contributed by atoms with Gasteiger partial charge < -0.3 is 19.7 Å². The molecule has 0 aliphatic carbocycles. The third-order valence-corrected chi connectivity index (χ3v) is 3.10. The summed E-state index contributed by atoms with van der Waals surface area (Å²) < 4.78 is 4.97. The summed E-state index contributed by atoms with van der Waals surface area (Å²) in [4.78, 5) is 27.8. The Bertz CT molecular complexity index is 479. The smallest absolute Gasteiger partial charge is 0.352 e. The number of H-pyrrole nitrogens is 1. The number of rotatable bonds is 6. The van der Waals surface area contributed by atoms with E-state index in [1.165, 1.54) is 0 Å². The summed E-state index contributed by atoms with van der Waals surface area (Å²) in [6.07, 6.45) is 0. The first kappa shape index (κ1) is 15.2. The van der Waals surface area contributed by atoms with Gasteiger partial charge in [0.15, 0.2) is 0 Å². The quantitative estimate of drug-likeness (QED) is 0.817. The zero-order chi connectivity index (χ0) is 14.6. The second-order valence-electron chi connectivity index (χ2n) is 4.31. The minimum atomic E-state index is -1.06. The Morgan fingerprint density at radius 3 is 2.42 bits per heavy atom. The summed E-state index contributed by atoms with van der Waals surface area (Å²) in [6.45, 7) is 6.71. The predicted molar refractivity (Wildman–Crippen MR) is 70.7 cm³/mol. The van der Waals surface area contributed by atoms with E-state index in [0.29, 0.717) is 36.5 Å². The molecule has 106 valence electrons. The number of aromatic nitrogens is 1. The number of ether oxygens (including phenoxy) is 1. The van der Waals surface area contributed by atoms with E-state index in [-0.39, 0.29) is 11.6 Å². The van der Waals surface area contributed by atoms with E-state index in [4.69, 9.17) is 9.84 Å². The number of hydrogen-bond donors (Lipinski definition) is 2. The monoisotopic (exact) mass is 268 g/mol. The van der Waals surface area contributed by atoms with Crippen LogP contribution in [0.2, 0.25) is 0 Å². The van der Waals surface area contributed by atoms with E-state index in [0.717, 1.165) is 0 Å². The van der Waals surface area contributed by atoms with Crippen molar-refractivity contribution in [3.05, 3.63) is 22.5 Å². The first-order chi connectivity index (χ1) is 8.93. The van der Waals surface area contributed by atoms with Gasteiger partial charge in [0.2, 0.25) is 0 Å². The number of carbonyl (C=O) groups excluding carboxylic acids is 1. The van der Waals surface area contributed by atoms with Crippen LogP contribution in [0, 0.1) is 13.8 Å². The average Bonchev–Trinajstić information content (AvgIpc) is 2.65. The maximum Gasteiger partial charge on any atom is 0.352 e. The first-order valence-electron chi connectivity index (χ1n) is 6.14. The second-order valence-corrected chi connectivity index (χ2v) is 4.31. The Kier molecular flexibility index (Phi) is 5.11. The van der Waals surface area contributed by atoms with Gasteiger partial charge in [0.25, 0.3) is 5.91 Å². The molecule has 1 aromatic heterocycles. The van der Waals surface area contributed by atoms with Gasteiger partial charge in [-0.2, -0.15) is 0 Å². The number of nitrogens with zero attached hydrogens (tertiary/aromatic N) is 1. The maximum atomic E-state index is 12.4. The highest BCUT2D eigenvalue weighted by molar-refractivity contribution is 6.00. The van der Waals surface area contributed by atoms with Crippen molar-refractivity contribution in [2.24, 2.45) is 0 Å². The van der Waals surface area contributed by atoms with Crippen LogP contribution in [0.25, 0.3) is 0 Å². The van der Waals surface area contributed by atoms with Gasteiger partial charge in [0.05, 0.1) is 12.2 Å². The number of nitrogens with one attached hydrogen (secondary N) is 1. The van der Waals surface area contributed by atoms with Gasteiger partial charge in [-0.3, -0.25) is 4.79 Å². The van der Waals surface area contributed by atoms with Gasteiger partial charge in [-0.1, -0.05) is 0 Å². The molecule has 6 heteroatoms. The van der Waals surface area contributed by atoms with Crippen LogP contribution in [0.3, 0.4) is 0 Å². The number of carboxylic acid groups (broad SMARTS) is 1. The Balaban J connectivity index is 3.08. The van der Waals surface area contributed by atoms with Gasteiger partial charge in [-0.05, 0) is 26.3 Å². The number of methoxy groups -OCH3 is 1. The molecule has 0 aromatic carbocycles. The zero-order valence-corrected chi connectivity index (χ0v) is 11.7. The van der Waals surface area contributed by atoms with Crippen molar-refractivity contribution < 1.29 is 19.4 Å². The highest BCUT2D eigenvalue weighted by Crippen LogP contribution is 2.19. The molecule has 0 aliphatic heterocycles. The molecule has 0 saturated carbocycles. The molecule has 6 nitrogen and oxygen atoms in total. The molecule has 1 heterocycles. The molecular weight excluding hydrogens is 248 g/mol. The van der Waals surface area contributed by atoms with Crippen LogP contribution >= 0.6 is 0 Å². The maximum absolute atomic E-state index is 12.4. The minimum Gasteiger partial charge on any atom is -0.477 e. The number of carboxylic acids is 1. The summed E-state index contributed by atoms with van der Waals surface area (Å²) in [7, 11) is 1.58. The summed E-state index contributed by atoms with van der Waals surface area (Å²) in [6, 6.07) is 0. The lowest BCUT2D eigenvalue weighted by Crippen LogP contribution is -2.34. The molecule has 0 bridgehead atoms. The van der Waals surface area contributed by atoms with Crippen molar-refractivity contribution in [2.45, 2.75) is 20.8 Å². The van der Waals surface area contributed by atoms with E-state index in [9.17, 15) is 9.59 Å². The molecule has 1 amide bonds. The largest absolute Gasteiger partial charge is 0.477 e. The standard InChI is InChI=1S/C13H20N2O4/c1-5-15(6-7-19-4)12(16)10-8(2)11(13(17)18)14-9(10)3/h14H,5-7H2,1-4H3,(H,17,18). The number of carbonyl (C=O) groups is 2. The van der Waals surface area contributed by atoms with Crippen molar-refractivity contribution in [3.8, 4) is 0 Å². The van der Waals surface area contributed by atoms with E-state index in [1.54, 1.807) is 25.9 Å². The van der Waals surface area contributed by atoms with Crippen molar-refractivity contribution in [1.82, 2.24) is 9.88 Å². The highest BCUT2D eigenvalue weighted by Gasteiger charge is 2.24. The van der Waals surface area contributed by atoms with Crippen molar-refractivity contribution >= 4 is 11.9 Å². The number of aromatic amines is 1. The minimum absolute atomic E-state index is 0.0728. The Labute approximate surface area is 112 Å². The van der Waals surface area contributed by atoms with E-state index >= 15 is 0 Å². The van der Waals surface area contributed by atoms with E-state index in [1.807, 2.05) is 6.92 Å². The van der Waals surface area contributed by atoms with Crippen LogP contribution < -0.4 is 0 Å². The fourth-order valence-electron chi connectivity index (χ4n) is 2.05. The zero-order valence-electron chi connectivity index (χ0n) is 11.7. The lowest BCUT2D eigenvalue weighted by Gasteiger charge is -2.20. The molecule has 0 atom stereocenters. The van der Waals surface area contributed by atoms with Crippen molar-refractivity contribution in [2.75, 3.05) is 26.8 Å². The fraction of sp³-hybridized carbons (Fsp3) is 0.538. The van der Waals surface area contributed by atoms with Crippen LogP contribution in [-0.4, -0.2) is 53.7 Å². The second kappa shape index (κ2) is 6.38. The van der Waals surface area contributed by atoms with Crippen molar-refractivity contribution in [3.63, 3.8) is 0 Å². The number of hydrogen-bond acceptors (Lipinski definition) is 3. The molecule has 0 unspecified atom stereocenters. The van der Waals surface area contributed by atoms with Crippen LogP contribution in [0.1, 0.15) is 39.0 Å². The molecule has 19 heavy (non-hydrogen) atoms. The van der Waals surface area contributed by atoms with Gasteiger partial charge in [0.1, 0.15) is 5.69 Å². The van der Waals surface area contributed by atoms with Gasteiger partial charge >= 0.3 is 5.97 Å². The Morgan fingerprint density at radius 1 is 1.37 bits per heavy atom. The molecule has 2 N–H and O–H groups in total. The fourth-order valence-corrected chi connectivity index (χ4v) is 2.05. The normalized spacial score (nSPS) is 10.5. The molecule has 0 spiro atoms. The summed E-state index contributed by atoms with van der Waals surface area (Å²) in [5, 5.41) is 9.05. The third-order valence-electron chi connectivity index (χ3n) is 3.10. The summed E-state index contributed by atoms with van der Waals surface area (Å²) in [5.74, 6) is -1.22. The topological polar surface area (TPSA) is 82.6 Å². The average molecular weight is 268 g/mol.